The zero-order valence-corrected chi connectivity index (χ0v) is 59.5. The lowest BCUT2D eigenvalue weighted by Crippen LogP contribution is -2.37. The molecular weight excluding hydrogens is 1130 g/mol. The minimum atomic E-state index is -4.41. The van der Waals surface area contributed by atoms with Gasteiger partial charge in [-0.05, 0) is 103 Å². The average molecular weight is 1270 g/mol. The van der Waals surface area contributed by atoms with Crippen LogP contribution in [0.15, 0.2) is 146 Å². The number of unbranched alkanes of at least 4 members (excludes halogenated alkanes) is 28. The van der Waals surface area contributed by atoms with Gasteiger partial charge in [0.2, 0.25) is 0 Å². The molecule has 9 nitrogen and oxygen atoms in total. The summed E-state index contributed by atoms with van der Waals surface area (Å²) in [4.78, 5) is 35.9. The molecule has 10 heteroatoms. The van der Waals surface area contributed by atoms with Gasteiger partial charge in [0.1, 0.15) is 19.8 Å². The molecule has 90 heavy (non-hydrogen) atoms. The molecule has 1 N–H and O–H groups in total. The van der Waals surface area contributed by atoms with Gasteiger partial charge in [-0.15, -0.1) is 0 Å². The molecule has 0 aliphatic heterocycles. The molecule has 2 atom stereocenters. The fourth-order valence-electron chi connectivity index (χ4n) is 9.82. The highest BCUT2D eigenvalue weighted by atomic mass is 31.2. The molecule has 0 rings (SSSR count). The van der Waals surface area contributed by atoms with Gasteiger partial charge in [0.05, 0.1) is 27.7 Å². The van der Waals surface area contributed by atoms with Crippen LogP contribution in [-0.2, 0) is 32.7 Å². The number of phosphoric ester groups is 1. The Hall–Kier alpha value is -4.11. The second-order valence-corrected chi connectivity index (χ2v) is 26.7. The Balaban J connectivity index is 4.14. The Morgan fingerprint density at radius 1 is 0.356 bits per heavy atom. The highest BCUT2D eigenvalue weighted by molar-refractivity contribution is 7.47. The number of phosphoric acid groups is 1. The Bertz CT molecular complexity index is 2030. The van der Waals surface area contributed by atoms with Crippen LogP contribution in [0, 0.1) is 0 Å². The van der Waals surface area contributed by atoms with Gasteiger partial charge < -0.3 is 18.9 Å². The summed E-state index contributed by atoms with van der Waals surface area (Å²) in [6.07, 6.45) is 102. The minimum absolute atomic E-state index is 0.0207. The summed E-state index contributed by atoms with van der Waals surface area (Å²) in [5.74, 6) is -0.825. The summed E-state index contributed by atoms with van der Waals surface area (Å²) in [6, 6.07) is 0. The second-order valence-electron chi connectivity index (χ2n) is 25.3. The van der Waals surface area contributed by atoms with Crippen molar-refractivity contribution < 1.29 is 42.1 Å². The lowest BCUT2D eigenvalue weighted by molar-refractivity contribution is -0.870. The van der Waals surface area contributed by atoms with Crippen LogP contribution in [-0.4, -0.2) is 74.9 Å². The van der Waals surface area contributed by atoms with Crippen molar-refractivity contribution in [2.75, 3.05) is 47.5 Å². The van der Waals surface area contributed by atoms with Crippen LogP contribution in [0.25, 0.3) is 0 Å². The zero-order valence-electron chi connectivity index (χ0n) is 58.6. The lowest BCUT2D eigenvalue weighted by Gasteiger charge is -2.24. The molecule has 0 aromatic carbocycles. The first-order valence-electron chi connectivity index (χ1n) is 36.6. The Kier molecular flexibility index (Phi) is 66.1. The third kappa shape index (κ3) is 72.9. The number of carbonyl (C=O) groups is 2. The molecule has 0 aliphatic carbocycles. The number of nitrogens with zero attached hydrogens (tertiary/aromatic N) is 1. The van der Waals surface area contributed by atoms with E-state index in [1.807, 2.05) is 21.1 Å². The van der Waals surface area contributed by atoms with Gasteiger partial charge in [-0.25, -0.2) is 4.57 Å². The highest BCUT2D eigenvalue weighted by Crippen LogP contribution is 2.43. The molecule has 0 aromatic heterocycles. The first-order valence-corrected chi connectivity index (χ1v) is 38.1. The van der Waals surface area contributed by atoms with E-state index in [9.17, 15) is 19.0 Å². The monoisotopic (exact) mass is 1270 g/mol. The molecule has 0 fully saturated rings. The predicted octanol–water partition coefficient (Wildman–Crippen LogP) is 24.2. The molecule has 0 radical (unpaired) electrons. The van der Waals surface area contributed by atoms with Crippen LogP contribution >= 0.6 is 7.82 Å². The van der Waals surface area contributed by atoms with Gasteiger partial charge >= 0.3 is 19.8 Å². The number of carbonyl (C=O) groups excluding carboxylic acids is 2. The maximum absolute atomic E-state index is 12.9. The molecule has 0 saturated carbocycles. The lowest BCUT2D eigenvalue weighted by atomic mass is 10.0. The van der Waals surface area contributed by atoms with E-state index in [0.717, 1.165) is 122 Å². The number of esters is 2. The van der Waals surface area contributed by atoms with E-state index in [0.29, 0.717) is 17.4 Å². The fourth-order valence-corrected chi connectivity index (χ4v) is 10.6. The average Bonchev–Trinajstić information content (AvgIpc) is 3.62. The van der Waals surface area contributed by atoms with E-state index in [4.69, 9.17) is 18.5 Å². The standard InChI is InChI=1S/C80H136NO8P/c1-6-8-10-12-14-16-18-20-22-24-26-28-30-32-33-34-35-36-37-38-39-40-41-42-43-44-45-46-47-49-51-53-55-57-59-61-63-65-67-69-71-73-80(83)89-78(77-88-90(84,85)87-75-74-81(3,4)5)76-86-79(82)72-70-68-66-64-62-60-58-56-54-52-50-48-31-29-27-25-23-21-19-17-15-13-11-9-7-2/h8,10,14,16,20,22,26,28,32-33,35-36,38-39,41-42,44-45,47,49,53,55,59,61,78H,6-7,9,11-13,15,17-19,21,23-25,27,29-31,34,37,40,43,46,48,50-52,54,56-58,60,62-77H2,1-5H3/p+1/b10-8-,16-14-,22-20-,28-26-,33-32-,36-35-,39-38-,42-41-,45-44-,49-47-,55-53-,61-59-. The Morgan fingerprint density at radius 3 is 0.944 bits per heavy atom. The van der Waals surface area contributed by atoms with Crippen molar-refractivity contribution in [3.05, 3.63) is 146 Å². The van der Waals surface area contributed by atoms with Gasteiger partial charge in [0.25, 0.3) is 0 Å². The van der Waals surface area contributed by atoms with Gasteiger partial charge in [-0.2, -0.15) is 0 Å². The largest absolute Gasteiger partial charge is 0.472 e. The first-order chi connectivity index (χ1) is 44.0. The first kappa shape index (κ1) is 85.9. The number of quaternary nitrogens is 1. The number of likely N-dealkylation sites (N-methyl/N-ethyl adjacent to an activating group) is 1. The maximum atomic E-state index is 12.9. The van der Waals surface area contributed by atoms with Crippen molar-refractivity contribution in [2.24, 2.45) is 0 Å². The molecular formula is C80H137NO8P+. The SMILES string of the molecule is CC/C=C\C/C=C\C/C=C\C/C=C\C/C=C\C/C=C\C/C=C\C/C=C\C/C=C\C/C=C\C/C=C\C/C=C\CCCCCCC(=O)OC(COC(=O)CCCCCCCCCCCCCCCCCCCCCCCCCCC)COP(=O)(O)OCC[N+](C)(C)C. The molecule has 0 bridgehead atoms. The number of rotatable bonds is 66. The van der Waals surface area contributed by atoms with Crippen LogP contribution in [0.4, 0.5) is 0 Å². The van der Waals surface area contributed by atoms with Gasteiger partial charge in [-0.1, -0.05) is 327 Å². The molecule has 0 saturated heterocycles. The Labute approximate surface area is 554 Å². The minimum Gasteiger partial charge on any atom is -0.462 e. The van der Waals surface area contributed by atoms with E-state index in [1.165, 1.54) is 141 Å². The summed E-state index contributed by atoms with van der Waals surface area (Å²) in [6.45, 7) is 4.31. The van der Waals surface area contributed by atoms with Crippen LogP contribution in [0.5, 0.6) is 0 Å². The third-order valence-electron chi connectivity index (χ3n) is 15.4. The second kappa shape index (κ2) is 69.2. The van der Waals surface area contributed by atoms with Crippen molar-refractivity contribution >= 4 is 19.8 Å². The van der Waals surface area contributed by atoms with E-state index >= 15 is 0 Å². The molecule has 0 heterocycles. The van der Waals surface area contributed by atoms with Gasteiger partial charge in [0, 0.05) is 12.8 Å². The smallest absolute Gasteiger partial charge is 0.462 e. The van der Waals surface area contributed by atoms with Crippen LogP contribution < -0.4 is 0 Å². The third-order valence-corrected chi connectivity index (χ3v) is 16.4. The zero-order chi connectivity index (χ0) is 65.5. The van der Waals surface area contributed by atoms with Crippen LogP contribution in [0.3, 0.4) is 0 Å². The van der Waals surface area contributed by atoms with E-state index in [-0.39, 0.29) is 32.0 Å². The van der Waals surface area contributed by atoms with Gasteiger partial charge in [-0.3, -0.25) is 18.6 Å². The van der Waals surface area contributed by atoms with Crippen molar-refractivity contribution in [1.82, 2.24) is 0 Å². The van der Waals surface area contributed by atoms with E-state index in [1.54, 1.807) is 0 Å². The Morgan fingerprint density at radius 2 is 0.633 bits per heavy atom. The molecule has 0 spiro atoms. The quantitative estimate of drug-likeness (QED) is 0.0211. The van der Waals surface area contributed by atoms with Crippen molar-refractivity contribution in [2.45, 2.75) is 302 Å². The molecule has 0 aliphatic rings. The highest BCUT2D eigenvalue weighted by Gasteiger charge is 2.27. The number of allylic oxidation sites excluding steroid dienone is 24. The van der Waals surface area contributed by atoms with Crippen molar-refractivity contribution in [3.63, 3.8) is 0 Å². The van der Waals surface area contributed by atoms with Crippen LogP contribution in [0.2, 0.25) is 0 Å². The summed E-state index contributed by atoms with van der Waals surface area (Å²) in [7, 11) is 1.45. The molecule has 2 unspecified atom stereocenters. The summed E-state index contributed by atoms with van der Waals surface area (Å²) in [5.41, 5.74) is 0. The maximum Gasteiger partial charge on any atom is 0.472 e. The van der Waals surface area contributed by atoms with E-state index < -0.39 is 26.5 Å². The predicted molar refractivity (Wildman–Crippen MR) is 390 cm³/mol. The summed E-state index contributed by atoms with van der Waals surface area (Å²) in [5, 5.41) is 0. The topological polar surface area (TPSA) is 108 Å². The molecule has 0 aromatic rings. The van der Waals surface area contributed by atoms with Crippen LogP contribution in [0.1, 0.15) is 296 Å². The molecule has 0 amide bonds. The van der Waals surface area contributed by atoms with Crippen molar-refractivity contribution in [3.8, 4) is 0 Å². The number of ether oxygens (including phenoxy) is 2. The number of hydrogen-bond acceptors (Lipinski definition) is 7. The fraction of sp³-hybridized carbons (Fsp3) is 0.675. The number of hydrogen-bond donors (Lipinski definition) is 1. The summed E-state index contributed by atoms with van der Waals surface area (Å²) >= 11 is 0. The van der Waals surface area contributed by atoms with Crippen molar-refractivity contribution in [1.29, 1.82) is 0 Å². The normalized spacial score (nSPS) is 14.0. The molecule has 514 valence electrons. The summed E-state index contributed by atoms with van der Waals surface area (Å²) < 4.78 is 34.7. The van der Waals surface area contributed by atoms with E-state index in [2.05, 4.69) is 160 Å². The van der Waals surface area contributed by atoms with Gasteiger partial charge in [0.15, 0.2) is 6.10 Å².